The summed E-state index contributed by atoms with van der Waals surface area (Å²) in [7, 11) is 0. The Morgan fingerprint density at radius 2 is 1.54 bits per heavy atom. The van der Waals surface area contributed by atoms with Gasteiger partial charge in [-0.3, -0.25) is 0 Å². The number of rotatable bonds is 3. The summed E-state index contributed by atoms with van der Waals surface area (Å²) in [5.74, 6) is 1.11. The van der Waals surface area contributed by atoms with E-state index in [2.05, 4.69) is 0 Å². The van der Waals surface area contributed by atoms with Gasteiger partial charge < -0.3 is 4.90 Å². The highest BCUT2D eigenvalue weighted by molar-refractivity contribution is 4.66. The first kappa shape index (κ1) is 9.51. The highest BCUT2D eigenvalue weighted by Gasteiger charge is 2.18. The van der Waals surface area contributed by atoms with Gasteiger partial charge >= 0.3 is 0 Å². The lowest BCUT2D eigenvalue weighted by Gasteiger charge is -2.24. The van der Waals surface area contributed by atoms with Crippen molar-refractivity contribution >= 4 is 0 Å². The first-order valence-corrected chi connectivity index (χ1v) is 6.29. The molecule has 0 atom stereocenters. The van der Waals surface area contributed by atoms with Gasteiger partial charge in [-0.1, -0.05) is 25.7 Å². The first-order valence-electron chi connectivity index (χ1n) is 6.29. The minimum Gasteiger partial charge on any atom is -0.335 e. The van der Waals surface area contributed by atoms with E-state index in [4.69, 9.17) is 0 Å². The van der Waals surface area contributed by atoms with Crippen LogP contribution in [0.25, 0.3) is 0 Å². The Morgan fingerprint density at radius 1 is 0.846 bits per heavy atom. The molecule has 13 heavy (non-hydrogen) atoms. The molecule has 1 saturated heterocycles. The topological polar surface area (TPSA) is 4.44 Å². The molecular weight excluding hydrogens is 158 g/mol. The van der Waals surface area contributed by atoms with Crippen molar-refractivity contribution in [2.45, 2.75) is 51.4 Å². The van der Waals surface area contributed by atoms with E-state index in [0.29, 0.717) is 0 Å². The fourth-order valence-electron chi connectivity index (χ4n) is 3.01. The molecule has 0 unspecified atom stereocenters. The Kier molecular flexibility index (Phi) is 3.65. The molecular formula is C12H24N+. The summed E-state index contributed by atoms with van der Waals surface area (Å²) in [5, 5.41) is 0. The largest absolute Gasteiger partial charge is 0.335 e. The fraction of sp³-hybridized carbons (Fsp3) is 1.00. The lowest BCUT2D eigenvalue weighted by Crippen LogP contribution is -3.12. The monoisotopic (exact) mass is 182 g/mol. The Bertz CT molecular complexity index is 132. The van der Waals surface area contributed by atoms with Crippen molar-refractivity contribution < 1.29 is 4.90 Å². The van der Waals surface area contributed by atoms with Gasteiger partial charge in [0.25, 0.3) is 0 Å². The molecule has 0 amide bonds. The van der Waals surface area contributed by atoms with Crippen LogP contribution in [0, 0.1) is 5.92 Å². The number of piperidine rings is 1. The van der Waals surface area contributed by atoms with E-state index in [0.717, 1.165) is 5.92 Å². The van der Waals surface area contributed by atoms with Crippen LogP contribution in [0.2, 0.25) is 0 Å². The molecule has 1 nitrogen and oxygen atoms in total. The van der Waals surface area contributed by atoms with Crippen LogP contribution < -0.4 is 4.90 Å². The third-order valence-electron chi connectivity index (χ3n) is 3.94. The van der Waals surface area contributed by atoms with Gasteiger partial charge in [0.15, 0.2) is 0 Å². The van der Waals surface area contributed by atoms with Crippen LogP contribution in [0.4, 0.5) is 0 Å². The van der Waals surface area contributed by atoms with Gasteiger partial charge in [-0.2, -0.15) is 0 Å². The van der Waals surface area contributed by atoms with Crippen molar-refractivity contribution in [3.8, 4) is 0 Å². The lowest BCUT2D eigenvalue weighted by atomic mass is 10.0. The smallest absolute Gasteiger partial charge is 0.0773 e. The van der Waals surface area contributed by atoms with Crippen molar-refractivity contribution in [2.75, 3.05) is 19.6 Å². The number of nitrogens with one attached hydrogen (secondary N) is 1. The van der Waals surface area contributed by atoms with E-state index in [1.807, 2.05) is 4.90 Å². The molecule has 1 heterocycles. The van der Waals surface area contributed by atoms with Crippen molar-refractivity contribution in [1.29, 1.82) is 0 Å². The molecule has 1 saturated carbocycles. The zero-order chi connectivity index (χ0) is 8.93. The van der Waals surface area contributed by atoms with Crippen LogP contribution in [-0.4, -0.2) is 19.6 Å². The van der Waals surface area contributed by atoms with Gasteiger partial charge in [0, 0.05) is 0 Å². The van der Waals surface area contributed by atoms with Gasteiger partial charge in [-0.15, -0.1) is 0 Å². The average molecular weight is 182 g/mol. The molecule has 76 valence electrons. The van der Waals surface area contributed by atoms with Crippen molar-refractivity contribution in [3.05, 3.63) is 0 Å². The van der Waals surface area contributed by atoms with Crippen LogP contribution in [0.1, 0.15) is 51.4 Å². The van der Waals surface area contributed by atoms with Gasteiger partial charge in [-0.05, 0) is 31.6 Å². The van der Waals surface area contributed by atoms with Gasteiger partial charge in [-0.25, -0.2) is 0 Å². The van der Waals surface area contributed by atoms with Crippen molar-refractivity contribution in [2.24, 2.45) is 5.92 Å². The summed E-state index contributed by atoms with van der Waals surface area (Å²) in [6.07, 6.45) is 12.1. The van der Waals surface area contributed by atoms with Crippen LogP contribution in [0.3, 0.4) is 0 Å². The zero-order valence-corrected chi connectivity index (χ0v) is 8.86. The second kappa shape index (κ2) is 4.99. The van der Waals surface area contributed by atoms with Crippen LogP contribution in [0.5, 0.6) is 0 Å². The van der Waals surface area contributed by atoms with E-state index >= 15 is 0 Å². The second-order valence-corrected chi connectivity index (χ2v) is 5.00. The number of hydrogen-bond acceptors (Lipinski definition) is 0. The van der Waals surface area contributed by atoms with Crippen LogP contribution in [0.15, 0.2) is 0 Å². The summed E-state index contributed by atoms with van der Waals surface area (Å²) in [5.41, 5.74) is 0. The highest BCUT2D eigenvalue weighted by Crippen LogP contribution is 2.26. The maximum Gasteiger partial charge on any atom is 0.0773 e. The molecule has 0 spiro atoms. The summed E-state index contributed by atoms with van der Waals surface area (Å²) in [4.78, 5) is 1.90. The molecule has 1 aliphatic heterocycles. The molecule has 1 aliphatic carbocycles. The standard InChI is InChI=1S/C12H23N/c1-4-9-13(10-5-1)11-8-12-6-2-3-7-12/h12H,1-11H2/p+1. The van der Waals surface area contributed by atoms with E-state index in [1.165, 1.54) is 71.0 Å². The predicted octanol–water partition coefficient (Wildman–Crippen LogP) is 1.64. The summed E-state index contributed by atoms with van der Waals surface area (Å²) < 4.78 is 0. The molecule has 0 bridgehead atoms. The Hall–Kier alpha value is -0.0400. The number of likely N-dealkylation sites (tertiary alicyclic amines) is 1. The first-order chi connectivity index (χ1) is 6.45. The maximum absolute atomic E-state index is 1.90. The molecule has 2 rings (SSSR count). The molecule has 0 aromatic carbocycles. The lowest BCUT2D eigenvalue weighted by molar-refractivity contribution is -0.905. The molecule has 2 fully saturated rings. The Labute approximate surface area is 82.5 Å². The molecule has 1 N–H and O–H groups in total. The van der Waals surface area contributed by atoms with Crippen LogP contribution in [-0.2, 0) is 0 Å². The van der Waals surface area contributed by atoms with E-state index in [9.17, 15) is 0 Å². The minimum absolute atomic E-state index is 1.11. The zero-order valence-electron chi connectivity index (χ0n) is 8.86. The fourth-order valence-corrected chi connectivity index (χ4v) is 3.01. The summed E-state index contributed by atoms with van der Waals surface area (Å²) in [6, 6.07) is 0. The molecule has 0 aromatic rings. The SMILES string of the molecule is C1CC[NH+](CCC2CCCC2)CC1. The maximum atomic E-state index is 1.90. The summed E-state index contributed by atoms with van der Waals surface area (Å²) >= 11 is 0. The third kappa shape index (κ3) is 2.98. The van der Waals surface area contributed by atoms with E-state index in [-0.39, 0.29) is 0 Å². The quantitative estimate of drug-likeness (QED) is 0.677. The van der Waals surface area contributed by atoms with Gasteiger partial charge in [0.2, 0.25) is 0 Å². The second-order valence-electron chi connectivity index (χ2n) is 5.00. The highest BCUT2D eigenvalue weighted by atomic mass is 15.1. The average Bonchev–Trinajstić information content (AvgIpc) is 2.69. The molecule has 0 aromatic heterocycles. The normalized spacial score (nSPS) is 26.8. The van der Waals surface area contributed by atoms with Gasteiger partial charge in [0.1, 0.15) is 0 Å². The predicted molar refractivity (Wildman–Crippen MR) is 56.0 cm³/mol. The van der Waals surface area contributed by atoms with Gasteiger partial charge in [0.05, 0.1) is 19.6 Å². The summed E-state index contributed by atoms with van der Waals surface area (Å²) in [6.45, 7) is 4.41. The van der Waals surface area contributed by atoms with Crippen molar-refractivity contribution in [3.63, 3.8) is 0 Å². The molecule has 2 aliphatic rings. The third-order valence-corrected chi connectivity index (χ3v) is 3.94. The minimum atomic E-state index is 1.11. The molecule has 1 heteroatoms. The number of hydrogen-bond donors (Lipinski definition) is 1. The van der Waals surface area contributed by atoms with Crippen molar-refractivity contribution in [1.82, 2.24) is 0 Å². The Balaban J connectivity index is 1.60. The molecule has 0 radical (unpaired) electrons. The van der Waals surface area contributed by atoms with Crippen LogP contribution >= 0.6 is 0 Å². The Morgan fingerprint density at radius 3 is 2.23 bits per heavy atom. The van der Waals surface area contributed by atoms with E-state index in [1.54, 1.807) is 0 Å². The van der Waals surface area contributed by atoms with E-state index < -0.39 is 0 Å². The number of quaternary nitrogens is 1.